The molecule has 2 aromatic carbocycles. The number of hydrogen-bond donors (Lipinski definition) is 1. The molecule has 0 atom stereocenters. The number of carbonyl (C=O) groups is 1. The van der Waals surface area contributed by atoms with Crippen molar-refractivity contribution in [3.8, 4) is 11.3 Å². The third-order valence-electron chi connectivity index (χ3n) is 4.33. The predicted molar refractivity (Wildman–Crippen MR) is 124 cm³/mol. The van der Waals surface area contributed by atoms with Gasteiger partial charge in [0.2, 0.25) is 0 Å². The van der Waals surface area contributed by atoms with Crippen LogP contribution in [0.25, 0.3) is 17.4 Å². The minimum atomic E-state index is -0.191. The molecule has 0 bridgehead atoms. The van der Waals surface area contributed by atoms with Crippen LogP contribution in [0.3, 0.4) is 0 Å². The third kappa shape index (κ3) is 4.50. The van der Waals surface area contributed by atoms with E-state index >= 15 is 0 Å². The van der Waals surface area contributed by atoms with E-state index in [0.717, 1.165) is 26.9 Å². The van der Waals surface area contributed by atoms with Crippen molar-refractivity contribution in [1.29, 1.82) is 0 Å². The van der Waals surface area contributed by atoms with Crippen molar-refractivity contribution in [2.45, 2.75) is 13.8 Å². The van der Waals surface area contributed by atoms with Crippen molar-refractivity contribution in [2.24, 2.45) is 4.99 Å². The average Bonchev–Trinajstić information content (AvgIpc) is 3.27. The minimum Gasteiger partial charge on any atom is -0.457 e. The minimum absolute atomic E-state index is 0.191. The van der Waals surface area contributed by atoms with E-state index in [1.807, 2.05) is 62.4 Å². The Labute approximate surface area is 186 Å². The molecule has 1 amide bonds. The highest BCUT2D eigenvalue weighted by Gasteiger charge is 2.24. The van der Waals surface area contributed by atoms with E-state index in [4.69, 9.17) is 16.0 Å². The number of aliphatic imine (C=N–C) groups is 1. The van der Waals surface area contributed by atoms with Crippen LogP contribution in [0.15, 0.2) is 67.3 Å². The van der Waals surface area contributed by atoms with Gasteiger partial charge < -0.3 is 9.73 Å². The molecule has 0 saturated carbocycles. The molecule has 1 aliphatic heterocycles. The number of halogens is 2. The molecule has 0 radical (unpaired) electrons. The summed E-state index contributed by atoms with van der Waals surface area (Å²) in [4.78, 5) is 17.4. The molecule has 0 unspecified atom stereocenters. The second kappa shape index (κ2) is 8.22. The van der Waals surface area contributed by atoms with Gasteiger partial charge in [-0.3, -0.25) is 4.79 Å². The van der Waals surface area contributed by atoms with Crippen LogP contribution in [-0.4, -0.2) is 11.1 Å². The summed E-state index contributed by atoms with van der Waals surface area (Å²) in [5.41, 5.74) is 3.92. The lowest BCUT2D eigenvalue weighted by Gasteiger charge is -2.04. The zero-order valence-corrected chi connectivity index (χ0v) is 18.8. The molecule has 2 heterocycles. The van der Waals surface area contributed by atoms with Crippen LogP contribution >= 0.6 is 39.3 Å². The molecule has 1 fully saturated rings. The maximum Gasteiger partial charge on any atom is 0.264 e. The Hall–Kier alpha value is -2.28. The van der Waals surface area contributed by atoms with Gasteiger partial charge in [0.1, 0.15) is 11.5 Å². The highest BCUT2D eigenvalue weighted by atomic mass is 79.9. The molecule has 0 aliphatic carbocycles. The van der Waals surface area contributed by atoms with Gasteiger partial charge in [0, 0.05) is 21.1 Å². The van der Waals surface area contributed by atoms with Gasteiger partial charge >= 0.3 is 0 Å². The topological polar surface area (TPSA) is 54.6 Å². The third-order valence-corrected chi connectivity index (χ3v) is 6.74. The average molecular weight is 488 g/mol. The Bertz CT molecular complexity index is 1140. The fraction of sp³-hybridized carbons (Fsp3) is 0.0909. The molecule has 7 heteroatoms. The van der Waals surface area contributed by atoms with E-state index in [2.05, 4.69) is 26.2 Å². The summed E-state index contributed by atoms with van der Waals surface area (Å²) in [6.45, 7) is 4.03. The molecule has 1 aromatic heterocycles. The number of nitrogens with zero attached hydrogens (tertiary/aromatic N) is 1. The number of thioether (sulfide) groups is 1. The van der Waals surface area contributed by atoms with Gasteiger partial charge in [-0.15, -0.1) is 0 Å². The van der Waals surface area contributed by atoms with Gasteiger partial charge in [0.25, 0.3) is 5.91 Å². The summed E-state index contributed by atoms with van der Waals surface area (Å²) in [5, 5.41) is 4.03. The fourth-order valence-corrected chi connectivity index (χ4v) is 4.09. The molecular formula is C22H16BrClN2O2S. The van der Waals surface area contributed by atoms with Crippen molar-refractivity contribution in [3.63, 3.8) is 0 Å². The second-order valence-corrected chi connectivity index (χ2v) is 8.84. The first-order valence-electron chi connectivity index (χ1n) is 8.81. The smallest absolute Gasteiger partial charge is 0.264 e. The monoisotopic (exact) mass is 486 g/mol. The number of hydrogen-bond acceptors (Lipinski definition) is 4. The van der Waals surface area contributed by atoms with Gasteiger partial charge in [0.15, 0.2) is 5.17 Å². The molecule has 146 valence electrons. The van der Waals surface area contributed by atoms with E-state index in [1.165, 1.54) is 11.8 Å². The van der Waals surface area contributed by atoms with Crippen LogP contribution in [0.2, 0.25) is 5.02 Å². The number of rotatable bonds is 3. The molecule has 4 rings (SSSR count). The summed E-state index contributed by atoms with van der Waals surface area (Å²) in [7, 11) is 0. The van der Waals surface area contributed by atoms with Gasteiger partial charge in [-0.05, 0) is 85.3 Å². The maximum atomic E-state index is 12.3. The lowest BCUT2D eigenvalue weighted by Crippen LogP contribution is -2.19. The number of amidine groups is 1. The molecule has 1 N–H and O–H groups in total. The van der Waals surface area contributed by atoms with Crippen LogP contribution in [-0.2, 0) is 4.79 Å². The molecular weight excluding hydrogens is 472 g/mol. The van der Waals surface area contributed by atoms with E-state index in [1.54, 1.807) is 6.08 Å². The fourth-order valence-electron chi connectivity index (χ4n) is 2.91. The summed E-state index contributed by atoms with van der Waals surface area (Å²) in [6, 6.07) is 15.1. The number of nitrogens with one attached hydrogen (secondary N) is 1. The first kappa shape index (κ1) is 20.0. The lowest BCUT2D eigenvalue weighted by atomic mass is 10.1. The van der Waals surface area contributed by atoms with E-state index in [-0.39, 0.29) is 5.91 Å². The van der Waals surface area contributed by atoms with Crippen molar-refractivity contribution < 1.29 is 9.21 Å². The maximum absolute atomic E-state index is 12.3. The van der Waals surface area contributed by atoms with Crippen molar-refractivity contribution in [3.05, 3.63) is 79.8 Å². The van der Waals surface area contributed by atoms with Crippen LogP contribution in [0.5, 0.6) is 0 Å². The molecule has 3 aromatic rings. The quantitative estimate of drug-likeness (QED) is 0.410. The van der Waals surface area contributed by atoms with Gasteiger partial charge in [-0.1, -0.05) is 27.5 Å². The second-order valence-electron chi connectivity index (χ2n) is 6.58. The van der Waals surface area contributed by atoms with Gasteiger partial charge in [-0.2, -0.15) is 0 Å². The Morgan fingerprint density at radius 1 is 1.10 bits per heavy atom. The van der Waals surface area contributed by atoms with Crippen molar-refractivity contribution >= 4 is 62.1 Å². The standard InChI is InChI=1S/C22H16BrClN2O2S/c1-12-9-16(10-13(2)20(12)23)25-22-26-21(27)19(29-22)11-17-7-8-18(28-17)14-3-5-15(24)6-4-14/h3-11H,1-2H3,(H,25,26,27)/b19-11-. The highest BCUT2D eigenvalue weighted by Crippen LogP contribution is 2.32. The van der Waals surface area contributed by atoms with Gasteiger partial charge in [-0.25, -0.2) is 4.99 Å². The molecule has 4 nitrogen and oxygen atoms in total. The Morgan fingerprint density at radius 2 is 1.79 bits per heavy atom. The SMILES string of the molecule is Cc1cc(N=C2NC(=O)/C(=C/c3ccc(-c4ccc(Cl)cc4)o3)S2)cc(C)c1Br. The summed E-state index contributed by atoms with van der Waals surface area (Å²) < 4.78 is 6.93. The number of benzene rings is 2. The largest absolute Gasteiger partial charge is 0.457 e. The number of amides is 1. The number of carbonyl (C=O) groups excluding carboxylic acids is 1. The van der Waals surface area contributed by atoms with Crippen LogP contribution < -0.4 is 5.32 Å². The van der Waals surface area contributed by atoms with Gasteiger partial charge in [0.05, 0.1) is 10.6 Å². The Morgan fingerprint density at radius 3 is 2.48 bits per heavy atom. The lowest BCUT2D eigenvalue weighted by molar-refractivity contribution is -0.115. The molecule has 1 aliphatic rings. The summed E-state index contributed by atoms with van der Waals surface area (Å²) >= 11 is 10.8. The van der Waals surface area contributed by atoms with E-state index < -0.39 is 0 Å². The first-order valence-corrected chi connectivity index (χ1v) is 10.8. The Balaban J connectivity index is 1.55. The Kier molecular flexibility index (Phi) is 5.67. The highest BCUT2D eigenvalue weighted by molar-refractivity contribution is 9.10. The first-order chi connectivity index (χ1) is 13.9. The molecule has 1 saturated heterocycles. The number of aryl methyl sites for hydroxylation is 2. The molecule has 0 spiro atoms. The summed E-state index contributed by atoms with van der Waals surface area (Å²) in [6.07, 6.45) is 1.72. The van der Waals surface area contributed by atoms with Crippen molar-refractivity contribution in [2.75, 3.05) is 0 Å². The zero-order valence-electron chi connectivity index (χ0n) is 15.6. The van der Waals surface area contributed by atoms with E-state index in [0.29, 0.717) is 26.6 Å². The predicted octanol–water partition coefficient (Wildman–Crippen LogP) is 6.87. The van der Waals surface area contributed by atoms with Crippen LogP contribution in [0, 0.1) is 13.8 Å². The normalized spacial score (nSPS) is 16.6. The summed E-state index contributed by atoms with van der Waals surface area (Å²) in [5.74, 6) is 1.12. The van der Waals surface area contributed by atoms with E-state index in [9.17, 15) is 4.79 Å². The zero-order chi connectivity index (χ0) is 20.5. The van der Waals surface area contributed by atoms with Crippen LogP contribution in [0.1, 0.15) is 16.9 Å². The van der Waals surface area contributed by atoms with Crippen LogP contribution in [0.4, 0.5) is 5.69 Å². The molecule has 29 heavy (non-hydrogen) atoms. The van der Waals surface area contributed by atoms with Crippen molar-refractivity contribution in [1.82, 2.24) is 5.32 Å². The number of furan rings is 1.